The van der Waals surface area contributed by atoms with Crippen LogP contribution in [0.4, 0.5) is 10.1 Å². The molecule has 1 amide bonds. The molecule has 3 nitrogen and oxygen atoms in total. The van der Waals surface area contributed by atoms with Gasteiger partial charge in [-0.2, -0.15) is 0 Å². The Morgan fingerprint density at radius 3 is 2.35 bits per heavy atom. The Morgan fingerprint density at radius 1 is 1.20 bits per heavy atom. The van der Waals surface area contributed by atoms with Crippen LogP contribution in [0.1, 0.15) is 32.1 Å². The molecule has 110 valence electrons. The summed E-state index contributed by atoms with van der Waals surface area (Å²) in [6, 6.07) is 6.00. The largest absolute Gasteiger partial charge is 0.373 e. The molecule has 1 aliphatic carbocycles. The maximum atomic E-state index is 13.0. The third kappa shape index (κ3) is 3.71. The lowest BCUT2D eigenvalue weighted by molar-refractivity contribution is -0.130. The van der Waals surface area contributed by atoms with Gasteiger partial charge in [0.1, 0.15) is 11.9 Å². The van der Waals surface area contributed by atoms with Gasteiger partial charge < -0.3 is 10.2 Å². The first kappa shape index (κ1) is 14.8. The predicted octanol–water partition coefficient (Wildman–Crippen LogP) is 3.27. The number of carbonyl (C=O) groups excluding carboxylic acids is 1. The zero-order chi connectivity index (χ0) is 14.5. The van der Waals surface area contributed by atoms with Crippen LogP contribution in [-0.4, -0.2) is 30.9 Å². The van der Waals surface area contributed by atoms with Crippen LogP contribution in [0, 0.1) is 11.7 Å². The van der Waals surface area contributed by atoms with E-state index in [1.165, 1.54) is 31.4 Å². The molecule has 1 fully saturated rings. The molecular formula is C16H23FN2O. The van der Waals surface area contributed by atoms with E-state index in [4.69, 9.17) is 0 Å². The maximum absolute atomic E-state index is 13.0. The number of carbonyl (C=O) groups is 1. The number of anilines is 1. The summed E-state index contributed by atoms with van der Waals surface area (Å²) in [6.07, 6.45) is 5.80. The van der Waals surface area contributed by atoms with Crippen LogP contribution in [0.2, 0.25) is 0 Å². The molecule has 1 aliphatic rings. The Balaban J connectivity index is 2.13. The number of amides is 1. The maximum Gasteiger partial charge on any atom is 0.244 e. The van der Waals surface area contributed by atoms with Crippen molar-refractivity contribution in [1.29, 1.82) is 0 Å². The van der Waals surface area contributed by atoms with E-state index >= 15 is 0 Å². The van der Waals surface area contributed by atoms with Crippen molar-refractivity contribution in [2.45, 2.75) is 38.1 Å². The molecule has 0 aromatic heterocycles. The second kappa shape index (κ2) is 6.73. The fraction of sp³-hybridized carbons (Fsp3) is 0.562. The first-order valence-corrected chi connectivity index (χ1v) is 7.31. The van der Waals surface area contributed by atoms with Crippen molar-refractivity contribution in [3.05, 3.63) is 30.1 Å². The van der Waals surface area contributed by atoms with E-state index in [0.717, 1.165) is 18.5 Å². The summed E-state index contributed by atoms with van der Waals surface area (Å²) >= 11 is 0. The van der Waals surface area contributed by atoms with Crippen LogP contribution in [0.25, 0.3) is 0 Å². The number of hydrogen-bond donors (Lipinski definition) is 1. The van der Waals surface area contributed by atoms with E-state index in [1.54, 1.807) is 31.1 Å². The van der Waals surface area contributed by atoms with E-state index in [9.17, 15) is 9.18 Å². The van der Waals surface area contributed by atoms with Crippen LogP contribution in [-0.2, 0) is 4.79 Å². The summed E-state index contributed by atoms with van der Waals surface area (Å²) in [5.74, 6) is 0.202. The van der Waals surface area contributed by atoms with Gasteiger partial charge in [-0.15, -0.1) is 0 Å². The molecule has 0 saturated heterocycles. The Bertz CT molecular complexity index is 438. The van der Waals surface area contributed by atoms with Crippen molar-refractivity contribution < 1.29 is 9.18 Å². The second-order valence-electron chi connectivity index (χ2n) is 5.76. The van der Waals surface area contributed by atoms with Crippen molar-refractivity contribution in [2.24, 2.45) is 5.92 Å². The Kier molecular flexibility index (Phi) is 4.99. The molecule has 1 aromatic carbocycles. The van der Waals surface area contributed by atoms with Crippen LogP contribution >= 0.6 is 0 Å². The molecule has 20 heavy (non-hydrogen) atoms. The first-order chi connectivity index (χ1) is 9.58. The topological polar surface area (TPSA) is 32.3 Å². The summed E-state index contributed by atoms with van der Waals surface area (Å²) in [5.41, 5.74) is 0.803. The summed E-state index contributed by atoms with van der Waals surface area (Å²) in [6.45, 7) is 0. The van der Waals surface area contributed by atoms with E-state index in [-0.39, 0.29) is 17.8 Å². The number of benzene rings is 1. The fourth-order valence-corrected chi connectivity index (χ4v) is 2.85. The number of likely N-dealkylation sites (N-methyl/N-ethyl adjacent to an activating group) is 1. The Labute approximate surface area is 120 Å². The number of nitrogens with zero attached hydrogens (tertiary/aromatic N) is 1. The molecule has 0 heterocycles. The molecule has 1 N–H and O–H groups in total. The van der Waals surface area contributed by atoms with Gasteiger partial charge in [-0.1, -0.05) is 19.3 Å². The zero-order valence-corrected chi connectivity index (χ0v) is 12.2. The first-order valence-electron chi connectivity index (χ1n) is 7.31. The molecule has 0 unspecified atom stereocenters. The molecule has 0 aliphatic heterocycles. The van der Waals surface area contributed by atoms with Gasteiger partial charge in [-0.25, -0.2) is 4.39 Å². The smallest absolute Gasteiger partial charge is 0.244 e. The standard InChI is InChI=1S/C16H23FN2O/c1-19(2)16(20)15(12-6-4-3-5-7-12)18-14-10-8-13(17)9-11-14/h8-12,15,18H,3-7H2,1-2H3/t15-/m1/s1. The third-order valence-electron chi connectivity index (χ3n) is 3.99. The fourth-order valence-electron chi connectivity index (χ4n) is 2.85. The lowest BCUT2D eigenvalue weighted by Crippen LogP contribution is -2.44. The summed E-state index contributed by atoms with van der Waals surface area (Å²) < 4.78 is 13.0. The van der Waals surface area contributed by atoms with Crippen LogP contribution in [0.15, 0.2) is 24.3 Å². The van der Waals surface area contributed by atoms with Gasteiger partial charge >= 0.3 is 0 Å². The van der Waals surface area contributed by atoms with Crippen LogP contribution in [0.3, 0.4) is 0 Å². The Morgan fingerprint density at radius 2 is 1.80 bits per heavy atom. The second-order valence-corrected chi connectivity index (χ2v) is 5.76. The van der Waals surface area contributed by atoms with E-state index in [0.29, 0.717) is 5.92 Å². The number of hydrogen-bond acceptors (Lipinski definition) is 2. The molecule has 2 rings (SSSR count). The molecule has 1 aromatic rings. The van der Waals surface area contributed by atoms with Crippen molar-refractivity contribution in [1.82, 2.24) is 4.90 Å². The molecule has 4 heteroatoms. The van der Waals surface area contributed by atoms with Gasteiger partial charge in [-0.05, 0) is 43.0 Å². The quantitative estimate of drug-likeness (QED) is 0.916. The van der Waals surface area contributed by atoms with Gasteiger partial charge in [0.2, 0.25) is 5.91 Å². The average Bonchev–Trinajstić information content (AvgIpc) is 2.47. The third-order valence-corrected chi connectivity index (χ3v) is 3.99. The zero-order valence-electron chi connectivity index (χ0n) is 12.2. The van der Waals surface area contributed by atoms with Crippen molar-refractivity contribution in [2.75, 3.05) is 19.4 Å². The lowest BCUT2D eigenvalue weighted by atomic mass is 9.83. The monoisotopic (exact) mass is 278 g/mol. The molecule has 0 spiro atoms. The predicted molar refractivity (Wildman–Crippen MR) is 79.1 cm³/mol. The highest BCUT2D eigenvalue weighted by molar-refractivity contribution is 5.84. The Hall–Kier alpha value is -1.58. The van der Waals surface area contributed by atoms with Gasteiger partial charge in [0, 0.05) is 19.8 Å². The number of rotatable bonds is 4. The van der Waals surface area contributed by atoms with Crippen LogP contribution < -0.4 is 5.32 Å². The minimum atomic E-state index is -0.260. The highest BCUT2D eigenvalue weighted by Crippen LogP contribution is 2.29. The summed E-state index contributed by atoms with van der Waals surface area (Å²) in [5, 5.41) is 3.30. The van der Waals surface area contributed by atoms with Crippen molar-refractivity contribution in [3.8, 4) is 0 Å². The number of nitrogens with one attached hydrogen (secondary N) is 1. The average molecular weight is 278 g/mol. The van der Waals surface area contributed by atoms with Gasteiger partial charge in [0.15, 0.2) is 0 Å². The SMILES string of the molecule is CN(C)C(=O)[C@H](Nc1ccc(F)cc1)C1CCCCC1. The van der Waals surface area contributed by atoms with Crippen molar-refractivity contribution in [3.63, 3.8) is 0 Å². The minimum Gasteiger partial charge on any atom is -0.373 e. The van der Waals surface area contributed by atoms with E-state index < -0.39 is 0 Å². The summed E-state index contributed by atoms with van der Waals surface area (Å²) in [4.78, 5) is 14.0. The van der Waals surface area contributed by atoms with Crippen LogP contribution in [0.5, 0.6) is 0 Å². The molecule has 0 radical (unpaired) electrons. The van der Waals surface area contributed by atoms with E-state index in [2.05, 4.69) is 5.32 Å². The molecule has 1 atom stereocenters. The normalized spacial score (nSPS) is 17.6. The highest BCUT2D eigenvalue weighted by atomic mass is 19.1. The number of halogens is 1. The van der Waals surface area contributed by atoms with Gasteiger partial charge in [0.05, 0.1) is 0 Å². The molecule has 0 bridgehead atoms. The summed E-state index contributed by atoms with van der Waals surface area (Å²) in [7, 11) is 3.56. The van der Waals surface area contributed by atoms with E-state index in [1.807, 2.05) is 0 Å². The van der Waals surface area contributed by atoms with Gasteiger partial charge in [-0.3, -0.25) is 4.79 Å². The lowest BCUT2D eigenvalue weighted by Gasteiger charge is -2.32. The van der Waals surface area contributed by atoms with Gasteiger partial charge in [0.25, 0.3) is 0 Å². The minimum absolute atomic E-state index is 0.0984. The van der Waals surface area contributed by atoms with Crippen molar-refractivity contribution >= 4 is 11.6 Å². The molecular weight excluding hydrogens is 255 g/mol. The molecule has 1 saturated carbocycles. The highest BCUT2D eigenvalue weighted by Gasteiger charge is 2.30.